The van der Waals surface area contributed by atoms with Crippen LogP contribution in [0.25, 0.3) is 5.57 Å². The number of carbonyl (C=O) groups is 2. The van der Waals surface area contributed by atoms with Crippen LogP contribution in [0.4, 0.5) is 4.79 Å². The lowest BCUT2D eigenvalue weighted by molar-refractivity contribution is 0.0225. The summed E-state index contributed by atoms with van der Waals surface area (Å²) in [4.78, 5) is 30.8. The van der Waals surface area contributed by atoms with Crippen LogP contribution in [0.2, 0.25) is 0 Å². The van der Waals surface area contributed by atoms with E-state index in [1.165, 1.54) is 12.4 Å². The molecule has 11 nitrogen and oxygen atoms in total. The fourth-order valence-corrected chi connectivity index (χ4v) is 2.91. The fourth-order valence-electron chi connectivity index (χ4n) is 2.91. The van der Waals surface area contributed by atoms with Crippen molar-refractivity contribution in [1.29, 1.82) is 5.53 Å². The Labute approximate surface area is 175 Å². The van der Waals surface area contributed by atoms with Crippen LogP contribution in [-0.4, -0.2) is 57.8 Å². The summed E-state index contributed by atoms with van der Waals surface area (Å²) in [6.07, 6.45) is 3.50. The Morgan fingerprint density at radius 1 is 1.47 bits per heavy atom. The van der Waals surface area contributed by atoms with E-state index in [9.17, 15) is 9.59 Å². The van der Waals surface area contributed by atoms with Crippen LogP contribution in [0.1, 0.15) is 57.0 Å². The Morgan fingerprint density at radius 2 is 2.20 bits per heavy atom. The van der Waals surface area contributed by atoms with Gasteiger partial charge < -0.3 is 24.8 Å². The minimum atomic E-state index is -0.636. The number of aromatic nitrogens is 2. The molecule has 0 bridgehead atoms. The van der Waals surface area contributed by atoms with Crippen LogP contribution in [0, 0.1) is 5.53 Å². The first-order chi connectivity index (χ1) is 14.1. The number of rotatable bonds is 8. The van der Waals surface area contributed by atoms with Crippen molar-refractivity contribution in [3.05, 3.63) is 30.7 Å². The molecule has 0 spiro atoms. The first-order valence-electron chi connectivity index (χ1n) is 9.72. The topological polar surface area (TPSA) is 146 Å². The number of nitrogens with one attached hydrogen (secondary N) is 3. The van der Waals surface area contributed by atoms with Gasteiger partial charge in [0.25, 0.3) is 17.6 Å². The zero-order valence-corrected chi connectivity index (χ0v) is 17.8. The lowest BCUT2D eigenvalue weighted by atomic mass is 10.1. The van der Waals surface area contributed by atoms with E-state index in [-0.39, 0.29) is 30.3 Å². The molecule has 0 saturated carbocycles. The normalized spacial score (nSPS) is 19.0. The number of hydrogen-bond acceptors (Lipinski definition) is 9. The number of ether oxygens (including phenoxy) is 1. The average molecular weight is 419 g/mol. The zero-order valence-electron chi connectivity index (χ0n) is 17.8. The summed E-state index contributed by atoms with van der Waals surface area (Å²) >= 11 is 0. The molecule has 0 aromatic carbocycles. The summed E-state index contributed by atoms with van der Waals surface area (Å²) < 4.78 is 10.6. The highest BCUT2D eigenvalue weighted by Crippen LogP contribution is 2.21. The van der Waals surface area contributed by atoms with Gasteiger partial charge in [-0.2, -0.15) is 10.1 Å². The molecule has 0 unspecified atom stereocenters. The third-order valence-corrected chi connectivity index (χ3v) is 4.36. The van der Waals surface area contributed by atoms with Gasteiger partial charge in [0.1, 0.15) is 5.60 Å². The summed E-state index contributed by atoms with van der Waals surface area (Å²) in [5.74, 6) is -0.326. The van der Waals surface area contributed by atoms with E-state index in [1.807, 2.05) is 6.92 Å². The number of carbonyl (C=O) groups excluding carboxylic acids is 2. The monoisotopic (exact) mass is 419 g/mol. The average Bonchev–Trinajstić information content (AvgIpc) is 3.30. The van der Waals surface area contributed by atoms with Crippen LogP contribution in [0.15, 0.2) is 28.6 Å². The van der Waals surface area contributed by atoms with Gasteiger partial charge in [0.05, 0.1) is 12.2 Å². The third-order valence-electron chi connectivity index (χ3n) is 4.36. The van der Waals surface area contributed by atoms with Crippen molar-refractivity contribution in [2.75, 3.05) is 13.1 Å². The molecule has 0 radical (unpaired) electrons. The molecule has 1 aromatic rings. The Bertz CT molecular complexity index is 812. The molecule has 164 valence electrons. The molecule has 1 aliphatic heterocycles. The van der Waals surface area contributed by atoms with Gasteiger partial charge in [0.15, 0.2) is 0 Å². The number of hydrogen-bond donors (Lipinski definition) is 3. The minimum absolute atomic E-state index is 0.0787. The van der Waals surface area contributed by atoms with Crippen molar-refractivity contribution in [3.63, 3.8) is 0 Å². The summed E-state index contributed by atoms with van der Waals surface area (Å²) in [6, 6.07) is -0.529. The van der Waals surface area contributed by atoms with Gasteiger partial charge in [0.2, 0.25) is 0 Å². The Hall–Kier alpha value is -3.24. The first kappa shape index (κ1) is 23.0. The van der Waals surface area contributed by atoms with Crippen LogP contribution in [-0.2, 0) is 4.74 Å². The Morgan fingerprint density at radius 3 is 2.83 bits per heavy atom. The van der Waals surface area contributed by atoms with E-state index >= 15 is 0 Å². The van der Waals surface area contributed by atoms with E-state index in [0.29, 0.717) is 25.0 Å². The molecule has 2 amide bonds. The molecular formula is C19H29N7O4. The second-order valence-corrected chi connectivity index (χ2v) is 7.93. The summed E-state index contributed by atoms with van der Waals surface area (Å²) in [6.45, 7) is 11.8. The number of amides is 2. The van der Waals surface area contributed by atoms with Crippen molar-refractivity contribution in [2.45, 2.75) is 58.2 Å². The third kappa shape index (κ3) is 6.39. The van der Waals surface area contributed by atoms with E-state index in [4.69, 9.17) is 14.8 Å². The van der Waals surface area contributed by atoms with Crippen LogP contribution < -0.4 is 10.6 Å². The zero-order chi connectivity index (χ0) is 22.3. The van der Waals surface area contributed by atoms with Crippen molar-refractivity contribution >= 4 is 17.6 Å². The second-order valence-electron chi connectivity index (χ2n) is 7.93. The Kier molecular flexibility index (Phi) is 7.67. The number of likely N-dealkylation sites (tertiary alicyclic amines) is 1. The predicted octanol–water partition coefficient (Wildman–Crippen LogP) is 2.69. The van der Waals surface area contributed by atoms with E-state index < -0.39 is 17.6 Å². The molecule has 3 N–H and O–H groups in total. The summed E-state index contributed by atoms with van der Waals surface area (Å²) in [5.41, 5.74) is 6.78. The van der Waals surface area contributed by atoms with Crippen molar-refractivity contribution in [2.24, 2.45) is 5.11 Å². The van der Waals surface area contributed by atoms with Crippen molar-refractivity contribution in [1.82, 2.24) is 25.7 Å². The predicted molar refractivity (Wildman–Crippen MR) is 109 cm³/mol. The maximum absolute atomic E-state index is 12.6. The molecule has 11 heteroatoms. The van der Waals surface area contributed by atoms with Gasteiger partial charge in [0, 0.05) is 30.9 Å². The van der Waals surface area contributed by atoms with Crippen LogP contribution >= 0.6 is 0 Å². The summed E-state index contributed by atoms with van der Waals surface area (Å²) in [7, 11) is 0. The Balaban J connectivity index is 2.05. The molecule has 1 saturated heterocycles. The minimum Gasteiger partial charge on any atom is -0.444 e. The molecule has 2 atom stereocenters. The highest BCUT2D eigenvalue weighted by Gasteiger charge is 2.38. The standard InChI is InChI=1S/C19H29N7O4/c1-6-12(2)17-24-15(25-30-17)16(27)23-13-9-14(10-21-7-8-22-20)26(11-13)18(28)29-19(3,4)5/h7-8,13-14,20-21H,2,6,9-11H2,1,3-5H3,(H,23,27)/b8-7-,22-20?/t13-,14+/m1/s1. The second kappa shape index (κ2) is 9.99. The molecule has 30 heavy (non-hydrogen) atoms. The van der Waals surface area contributed by atoms with Crippen molar-refractivity contribution in [3.8, 4) is 0 Å². The van der Waals surface area contributed by atoms with E-state index in [0.717, 1.165) is 0 Å². The molecule has 1 fully saturated rings. The first-order valence-corrected chi connectivity index (χ1v) is 9.72. The fraction of sp³-hybridized carbons (Fsp3) is 0.579. The van der Waals surface area contributed by atoms with Gasteiger partial charge in [-0.3, -0.25) is 4.79 Å². The molecule has 2 heterocycles. The van der Waals surface area contributed by atoms with E-state index in [2.05, 4.69) is 32.5 Å². The maximum Gasteiger partial charge on any atom is 0.410 e. The number of nitrogens with zero attached hydrogens (tertiary/aromatic N) is 4. The highest BCUT2D eigenvalue weighted by atomic mass is 16.6. The smallest absolute Gasteiger partial charge is 0.410 e. The molecular weight excluding hydrogens is 390 g/mol. The van der Waals surface area contributed by atoms with Gasteiger partial charge in [-0.1, -0.05) is 18.7 Å². The highest BCUT2D eigenvalue weighted by molar-refractivity contribution is 5.90. The lowest BCUT2D eigenvalue weighted by Crippen LogP contribution is -2.44. The molecule has 2 rings (SSSR count). The van der Waals surface area contributed by atoms with Gasteiger partial charge >= 0.3 is 6.09 Å². The van der Waals surface area contributed by atoms with Gasteiger partial charge in [-0.05, 0) is 33.6 Å². The maximum atomic E-state index is 12.6. The molecule has 0 aliphatic carbocycles. The van der Waals surface area contributed by atoms with Crippen LogP contribution in [0.3, 0.4) is 0 Å². The van der Waals surface area contributed by atoms with Gasteiger partial charge in [-0.15, -0.1) is 0 Å². The number of allylic oxidation sites excluding steroid dienone is 1. The van der Waals surface area contributed by atoms with E-state index in [1.54, 1.807) is 25.7 Å². The quantitative estimate of drug-likeness (QED) is 0.549. The lowest BCUT2D eigenvalue weighted by Gasteiger charge is -2.28. The largest absolute Gasteiger partial charge is 0.444 e. The SMILES string of the molecule is C=C(CC)c1nc(C(=O)N[C@@H]2C[C@@H](CN/C=C\N=N)N(C(=O)OC(C)(C)C)C2)no1. The molecule has 1 aliphatic rings. The van der Waals surface area contributed by atoms with Crippen molar-refractivity contribution < 1.29 is 18.8 Å². The molecule has 1 aromatic heterocycles. The van der Waals surface area contributed by atoms with Gasteiger partial charge in [-0.25, -0.2) is 10.3 Å². The van der Waals surface area contributed by atoms with Crippen LogP contribution in [0.5, 0.6) is 0 Å². The summed E-state index contributed by atoms with van der Waals surface area (Å²) in [5, 5.41) is 12.7.